The fraction of sp³-hybridized carbons (Fsp3) is 0.171. The first-order valence-corrected chi connectivity index (χ1v) is 14.0. The minimum atomic E-state index is -1.91. The Morgan fingerprint density at radius 1 is 0.909 bits per heavy atom. The first-order valence-electron chi connectivity index (χ1n) is 14.0. The van der Waals surface area contributed by atoms with E-state index in [1.165, 1.54) is 31.4 Å². The van der Waals surface area contributed by atoms with Gasteiger partial charge in [0, 0.05) is 24.3 Å². The van der Waals surface area contributed by atoms with Crippen LogP contribution in [0.2, 0.25) is 0 Å². The van der Waals surface area contributed by atoms with Crippen LogP contribution >= 0.6 is 0 Å². The number of carbonyl (C=O) groups is 2. The number of rotatable bonds is 7. The SMILES string of the molecule is COC(=O)[C@]1(C#N)[C@H](c2ccc([N+](=O)[O-])cc2)[C@H](C(=O)OC(c2ccccc2)c2ccccc2)N2C=Cc3ccccc3[C@H]21. The lowest BCUT2D eigenvalue weighted by molar-refractivity contribution is -0.384. The van der Waals surface area contributed by atoms with E-state index in [-0.39, 0.29) is 5.69 Å². The van der Waals surface area contributed by atoms with Gasteiger partial charge in [0.15, 0.2) is 11.5 Å². The lowest BCUT2D eigenvalue weighted by Gasteiger charge is -2.35. The van der Waals surface area contributed by atoms with Crippen molar-refractivity contribution in [3.63, 3.8) is 0 Å². The molecule has 6 rings (SSSR count). The number of fused-ring (bicyclic) bond motifs is 3. The standard InChI is InChI=1S/C35H27N3O6/c1-43-34(40)35(22-36)29(24-16-18-27(19-17-24)38(41)42)30(37-21-20-23-10-8-9-15-28(23)32(35)37)33(39)44-31(25-11-4-2-5-12-25)26-13-6-3-7-14-26/h2-21,29-32H,1H3/t29-,30-,32+,35-/m1/s1. The van der Waals surface area contributed by atoms with Crippen molar-refractivity contribution in [3.8, 4) is 6.07 Å². The van der Waals surface area contributed by atoms with Crippen molar-refractivity contribution in [1.29, 1.82) is 5.26 Å². The number of non-ortho nitro benzene ring substituents is 1. The normalized spacial score (nSPS) is 21.6. The molecule has 0 aliphatic carbocycles. The molecule has 44 heavy (non-hydrogen) atoms. The molecule has 4 aromatic carbocycles. The quantitative estimate of drug-likeness (QED) is 0.145. The molecule has 4 aromatic rings. The van der Waals surface area contributed by atoms with E-state index >= 15 is 0 Å². The van der Waals surface area contributed by atoms with Crippen molar-refractivity contribution in [2.45, 2.75) is 24.1 Å². The Bertz CT molecular complexity index is 1750. The molecule has 1 saturated heterocycles. The molecule has 1 fully saturated rings. The van der Waals surface area contributed by atoms with E-state index in [0.717, 1.165) is 16.7 Å². The van der Waals surface area contributed by atoms with E-state index < -0.39 is 46.4 Å². The van der Waals surface area contributed by atoms with Gasteiger partial charge in [-0.05, 0) is 33.9 Å². The van der Waals surface area contributed by atoms with E-state index in [4.69, 9.17) is 9.47 Å². The predicted octanol–water partition coefficient (Wildman–Crippen LogP) is 6.10. The maximum Gasteiger partial charge on any atom is 0.330 e. The molecule has 0 bridgehead atoms. The van der Waals surface area contributed by atoms with Crippen molar-refractivity contribution < 1.29 is 24.0 Å². The lowest BCUT2D eigenvalue weighted by Crippen LogP contribution is -2.41. The summed E-state index contributed by atoms with van der Waals surface area (Å²) in [7, 11) is 1.20. The molecular weight excluding hydrogens is 558 g/mol. The first-order chi connectivity index (χ1) is 21.4. The number of ether oxygens (including phenoxy) is 2. The van der Waals surface area contributed by atoms with Crippen molar-refractivity contribution in [1.82, 2.24) is 4.90 Å². The highest BCUT2D eigenvalue weighted by Gasteiger charge is 2.68. The average molecular weight is 586 g/mol. The maximum absolute atomic E-state index is 14.6. The molecule has 218 valence electrons. The summed E-state index contributed by atoms with van der Waals surface area (Å²) in [6, 6.07) is 31.7. The largest absolute Gasteiger partial charge is 0.468 e. The third-order valence-corrected chi connectivity index (χ3v) is 8.43. The molecule has 9 nitrogen and oxygen atoms in total. The molecule has 0 amide bonds. The fourth-order valence-electron chi connectivity index (χ4n) is 6.51. The van der Waals surface area contributed by atoms with Gasteiger partial charge in [-0.25, -0.2) is 4.79 Å². The molecule has 0 saturated carbocycles. The maximum atomic E-state index is 14.6. The summed E-state index contributed by atoms with van der Waals surface area (Å²) in [5.41, 5.74) is 1.26. The van der Waals surface area contributed by atoms with Gasteiger partial charge in [0.2, 0.25) is 0 Å². The number of esters is 2. The van der Waals surface area contributed by atoms with Crippen LogP contribution in [0.4, 0.5) is 5.69 Å². The fourth-order valence-corrected chi connectivity index (χ4v) is 6.51. The number of methoxy groups -OCH3 is 1. The van der Waals surface area contributed by atoms with Crippen LogP contribution in [0.3, 0.4) is 0 Å². The Hall–Kier alpha value is -5.75. The number of nitriles is 1. The van der Waals surface area contributed by atoms with Gasteiger partial charge in [-0.1, -0.05) is 97.1 Å². The number of nitro benzene ring substituents is 1. The van der Waals surface area contributed by atoms with Gasteiger partial charge in [0.1, 0.15) is 6.04 Å². The summed E-state index contributed by atoms with van der Waals surface area (Å²) >= 11 is 0. The second kappa shape index (κ2) is 11.5. The van der Waals surface area contributed by atoms with Gasteiger partial charge in [-0.15, -0.1) is 0 Å². The Kier molecular flexibility index (Phi) is 7.41. The number of hydrogen-bond donors (Lipinski definition) is 0. The topological polar surface area (TPSA) is 123 Å². The van der Waals surface area contributed by atoms with Gasteiger partial charge in [-0.2, -0.15) is 5.26 Å². The summed E-state index contributed by atoms with van der Waals surface area (Å²) in [6.45, 7) is 0. The molecule has 0 N–H and O–H groups in total. The van der Waals surface area contributed by atoms with Crippen molar-refractivity contribution in [2.75, 3.05) is 7.11 Å². The monoisotopic (exact) mass is 585 g/mol. The van der Waals surface area contributed by atoms with Crippen molar-refractivity contribution in [3.05, 3.63) is 153 Å². The first kappa shape index (κ1) is 28.4. The number of benzene rings is 4. The molecule has 2 aliphatic heterocycles. The molecule has 0 aromatic heterocycles. The summed E-state index contributed by atoms with van der Waals surface area (Å²) in [6.07, 6.45) is 2.76. The van der Waals surface area contributed by atoms with Gasteiger partial charge in [0.05, 0.1) is 24.1 Å². The van der Waals surface area contributed by atoms with E-state index in [0.29, 0.717) is 11.1 Å². The van der Waals surface area contributed by atoms with Gasteiger partial charge >= 0.3 is 11.9 Å². The molecule has 0 radical (unpaired) electrons. The van der Waals surface area contributed by atoms with Gasteiger partial charge in [-0.3, -0.25) is 14.9 Å². The zero-order valence-electron chi connectivity index (χ0n) is 23.6. The van der Waals surface area contributed by atoms with Crippen LogP contribution in [0.25, 0.3) is 6.08 Å². The zero-order chi connectivity index (χ0) is 30.8. The Labute approximate surface area is 253 Å². The number of hydrogen-bond acceptors (Lipinski definition) is 8. The van der Waals surface area contributed by atoms with Crippen LogP contribution in [-0.4, -0.2) is 34.9 Å². The van der Waals surface area contributed by atoms with Crippen LogP contribution in [0.1, 0.15) is 45.9 Å². The molecule has 9 heteroatoms. The van der Waals surface area contributed by atoms with Crippen LogP contribution in [0, 0.1) is 26.9 Å². The second-order valence-corrected chi connectivity index (χ2v) is 10.7. The number of nitrogens with zero attached hydrogens (tertiary/aromatic N) is 3. The Morgan fingerprint density at radius 3 is 2.07 bits per heavy atom. The summed E-state index contributed by atoms with van der Waals surface area (Å²) in [5, 5.41) is 22.4. The minimum absolute atomic E-state index is 0.164. The van der Waals surface area contributed by atoms with E-state index in [1.807, 2.05) is 91.0 Å². The average Bonchev–Trinajstić information content (AvgIpc) is 3.39. The molecule has 0 unspecified atom stereocenters. The Balaban J connectivity index is 1.54. The third kappa shape index (κ3) is 4.57. The highest BCUT2D eigenvalue weighted by molar-refractivity contribution is 5.90. The summed E-state index contributed by atoms with van der Waals surface area (Å²) in [4.78, 5) is 41.1. The highest BCUT2D eigenvalue weighted by Crippen LogP contribution is 2.60. The van der Waals surface area contributed by atoms with E-state index in [9.17, 15) is 25.0 Å². The van der Waals surface area contributed by atoms with Crippen LogP contribution in [0.15, 0.2) is 115 Å². The lowest BCUT2D eigenvalue weighted by atomic mass is 9.67. The smallest absolute Gasteiger partial charge is 0.330 e. The summed E-state index contributed by atoms with van der Waals surface area (Å²) in [5.74, 6) is -2.59. The van der Waals surface area contributed by atoms with Crippen molar-refractivity contribution in [2.24, 2.45) is 5.41 Å². The second-order valence-electron chi connectivity index (χ2n) is 10.7. The Morgan fingerprint density at radius 2 is 1.50 bits per heavy atom. The molecular formula is C35H27N3O6. The molecule has 4 atom stereocenters. The van der Waals surface area contributed by atoms with Crippen LogP contribution in [0.5, 0.6) is 0 Å². The van der Waals surface area contributed by atoms with Gasteiger partial charge < -0.3 is 14.4 Å². The summed E-state index contributed by atoms with van der Waals surface area (Å²) < 4.78 is 11.6. The highest BCUT2D eigenvalue weighted by atomic mass is 16.6. The number of nitro groups is 1. The molecule has 0 spiro atoms. The minimum Gasteiger partial charge on any atom is -0.468 e. The van der Waals surface area contributed by atoms with Crippen molar-refractivity contribution >= 4 is 23.7 Å². The van der Waals surface area contributed by atoms with Gasteiger partial charge in [0.25, 0.3) is 5.69 Å². The van der Waals surface area contributed by atoms with E-state index in [1.54, 1.807) is 11.1 Å². The predicted molar refractivity (Wildman–Crippen MR) is 161 cm³/mol. The van der Waals surface area contributed by atoms with E-state index in [2.05, 4.69) is 6.07 Å². The third-order valence-electron chi connectivity index (χ3n) is 8.43. The van der Waals surface area contributed by atoms with Crippen LogP contribution < -0.4 is 0 Å². The molecule has 2 heterocycles. The number of carbonyl (C=O) groups excluding carboxylic acids is 2. The van der Waals surface area contributed by atoms with Crippen LogP contribution in [-0.2, 0) is 19.1 Å². The zero-order valence-corrected chi connectivity index (χ0v) is 23.6. The molecule has 2 aliphatic rings.